The lowest BCUT2D eigenvalue weighted by atomic mass is 10.2. The lowest BCUT2D eigenvalue weighted by Crippen LogP contribution is -2.36. The number of methoxy groups -OCH3 is 1. The van der Waals surface area contributed by atoms with Crippen LogP contribution in [0, 0.1) is 0 Å². The predicted octanol–water partition coefficient (Wildman–Crippen LogP) is 2.19. The number of ether oxygens (including phenoxy) is 2. The van der Waals surface area contributed by atoms with Crippen LogP contribution >= 0.6 is 11.8 Å². The molecule has 1 aromatic heterocycles. The van der Waals surface area contributed by atoms with Crippen molar-refractivity contribution in [2.24, 2.45) is 0 Å². The number of benzene rings is 1. The molecule has 27 heavy (non-hydrogen) atoms. The van der Waals surface area contributed by atoms with Gasteiger partial charge in [-0.3, -0.25) is 19.5 Å². The number of hydrogen-bond acceptors (Lipinski definition) is 7. The Morgan fingerprint density at radius 3 is 2.78 bits per heavy atom. The molecule has 1 atom stereocenters. The average Bonchev–Trinajstić information content (AvgIpc) is 2.67. The largest absolute Gasteiger partial charge is 0.453 e. The Labute approximate surface area is 161 Å². The Kier molecular flexibility index (Phi) is 7.81. The molecule has 2 amide bonds. The Balaban J connectivity index is 2.30. The molecule has 1 aromatic carbocycles. The maximum atomic E-state index is 12.9. The van der Waals surface area contributed by atoms with Gasteiger partial charge in [0.15, 0.2) is 5.16 Å². The van der Waals surface area contributed by atoms with Crippen LogP contribution < -0.4 is 10.9 Å². The molecule has 0 saturated heterocycles. The van der Waals surface area contributed by atoms with Crippen LogP contribution in [-0.4, -0.2) is 47.1 Å². The molecule has 0 fully saturated rings. The van der Waals surface area contributed by atoms with Crippen molar-refractivity contribution in [1.82, 2.24) is 14.9 Å². The second-order valence-electron chi connectivity index (χ2n) is 5.66. The van der Waals surface area contributed by atoms with Gasteiger partial charge in [0.2, 0.25) is 5.91 Å². The molecule has 1 N–H and O–H groups in total. The summed E-state index contributed by atoms with van der Waals surface area (Å²) in [5.41, 5.74) is 0.395. The van der Waals surface area contributed by atoms with Crippen molar-refractivity contribution in [2.45, 2.75) is 37.2 Å². The van der Waals surface area contributed by atoms with Gasteiger partial charge in [-0.1, -0.05) is 23.9 Å². The molecule has 146 valence electrons. The van der Waals surface area contributed by atoms with E-state index in [0.29, 0.717) is 42.2 Å². The summed E-state index contributed by atoms with van der Waals surface area (Å²) in [5, 5.41) is 2.42. The number of carbonyl (C=O) groups is 2. The van der Waals surface area contributed by atoms with Gasteiger partial charge in [-0.05, 0) is 32.4 Å². The quantitative estimate of drug-likeness (QED) is 0.417. The number of amides is 2. The number of carbonyl (C=O) groups excluding carboxylic acids is 2. The summed E-state index contributed by atoms with van der Waals surface area (Å²) in [5.74, 6) is -0.518. The van der Waals surface area contributed by atoms with Crippen LogP contribution in [0.15, 0.2) is 34.2 Å². The first-order valence-electron chi connectivity index (χ1n) is 8.60. The van der Waals surface area contributed by atoms with Crippen molar-refractivity contribution in [1.29, 1.82) is 0 Å². The molecule has 0 radical (unpaired) electrons. The van der Waals surface area contributed by atoms with E-state index in [1.807, 2.05) is 6.92 Å². The average molecular weight is 393 g/mol. The van der Waals surface area contributed by atoms with Gasteiger partial charge >= 0.3 is 6.09 Å². The van der Waals surface area contributed by atoms with Crippen molar-refractivity contribution < 1.29 is 19.1 Å². The highest BCUT2D eigenvalue weighted by Gasteiger charge is 2.21. The van der Waals surface area contributed by atoms with E-state index in [9.17, 15) is 14.4 Å². The number of para-hydroxylation sites is 1. The smallest absolute Gasteiger partial charge is 0.413 e. The Bertz CT molecular complexity index is 868. The number of nitrogens with one attached hydrogen (secondary N) is 1. The third kappa shape index (κ3) is 5.54. The molecule has 8 nitrogen and oxygen atoms in total. The van der Waals surface area contributed by atoms with Crippen molar-refractivity contribution >= 4 is 34.7 Å². The molecule has 0 aliphatic heterocycles. The number of hydrogen-bond donors (Lipinski definition) is 1. The maximum absolute atomic E-state index is 12.9. The van der Waals surface area contributed by atoms with E-state index in [0.717, 1.165) is 11.8 Å². The van der Waals surface area contributed by atoms with Gasteiger partial charge in [0, 0.05) is 19.8 Å². The summed E-state index contributed by atoms with van der Waals surface area (Å²) >= 11 is 1.11. The zero-order valence-corrected chi connectivity index (χ0v) is 16.4. The lowest BCUT2D eigenvalue weighted by molar-refractivity contribution is -0.119. The third-order valence-corrected chi connectivity index (χ3v) is 4.85. The number of imide groups is 1. The molecule has 0 aliphatic carbocycles. The van der Waals surface area contributed by atoms with Crippen LogP contribution in [-0.2, 0) is 20.8 Å². The van der Waals surface area contributed by atoms with E-state index >= 15 is 0 Å². The van der Waals surface area contributed by atoms with E-state index in [1.165, 1.54) is 7.11 Å². The molecule has 0 bridgehead atoms. The summed E-state index contributed by atoms with van der Waals surface area (Å²) in [6.07, 6.45) is -0.183. The van der Waals surface area contributed by atoms with Gasteiger partial charge in [0.25, 0.3) is 5.56 Å². The molecular weight excluding hydrogens is 370 g/mol. The number of aromatic nitrogens is 2. The Morgan fingerprint density at radius 2 is 2.07 bits per heavy atom. The first kappa shape index (κ1) is 20.9. The lowest BCUT2D eigenvalue weighted by Gasteiger charge is -2.16. The van der Waals surface area contributed by atoms with Gasteiger partial charge in [0.05, 0.1) is 23.3 Å². The van der Waals surface area contributed by atoms with Gasteiger partial charge in [-0.15, -0.1) is 0 Å². The Hall–Kier alpha value is -2.39. The summed E-state index contributed by atoms with van der Waals surface area (Å²) in [6, 6.07) is 7.07. The van der Waals surface area contributed by atoms with Crippen molar-refractivity contribution in [3.63, 3.8) is 0 Å². The minimum absolute atomic E-state index is 0.167. The van der Waals surface area contributed by atoms with E-state index in [1.54, 1.807) is 35.8 Å². The number of rotatable bonds is 8. The van der Waals surface area contributed by atoms with E-state index in [4.69, 9.17) is 4.74 Å². The van der Waals surface area contributed by atoms with Crippen LogP contribution in [0.4, 0.5) is 4.79 Å². The van der Waals surface area contributed by atoms with E-state index < -0.39 is 17.3 Å². The van der Waals surface area contributed by atoms with E-state index in [2.05, 4.69) is 15.0 Å². The summed E-state index contributed by atoms with van der Waals surface area (Å²) < 4.78 is 11.3. The highest BCUT2D eigenvalue weighted by atomic mass is 32.2. The highest BCUT2D eigenvalue weighted by Crippen LogP contribution is 2.23. The fraction of sp³-hybridized carbons (Fsp3) is 0.444. The minimum atomic E-state index is -0.826. The van der Waals surface area contributed by atoms with Gasteiger partial charge in [0.1, 0.15) is 0 Å². The van der Waals surface area contributed by atoms with Crippen LogP contribution in [0.3, 0.4) is 0 Å². The summed E-state index contributed by atoms with van der Waals surface area (Å²) in [4.78, 5) is 40.8. The van der Waals surface area contributed by atoms with Gasteiger partial charge in [-0.25, -0.2) is 9.78 Å². The van der Waals surface area contributed by atoms with Crippen LogP contribution in [0.5, 0.6) is 0 Å². The highest BCUT2D eigenvalue weighted by molar-refractivity contribution is 8.00. The molecule has 0 aliphatic rings. The Morgan fingerprint density at radius 1 is 1.33 bits per heavy atom. The van der Waals surface area contributed by atoms with Crippen LogP contribution in [0.1, 0.15) is 20.3 Å². The molecular formula is C18H23N3O5S. The summed E-state index contributed by atoms with van der Waals surface area (Å²) in [7, 11) is 1.18. The van der Waals surface area contributed by atoms with Gasteiger partial charge in [-0.2, -0.15) is 0 Å². The summed E-state index contributed by atoms with van der Waals surface area (Å²) in [6.45, 7) is 5.10. The molecule has 2 rings (SSSR count). The fourth-order valence-corrected chi connectivity index (χ4v) is 3.30. The van der Waals surface area contributed by atoms with E-state index in [-0.39, 0.29) is 5.56 Å². The van der Waals surface area contributed by atoms with Crippen LogP contribution in [0.25, 0.3) is 10.9 Å². The molecule has 0 unspecified atom stereocenters. The third-order valence-electron chi connectivity index (χ3n) is 3.76. The molecule has 9 heteroatoms. The van der Waals surface area contributed by atoms with Gasteiger partial charge < -0.3 is 9.47 Å². The minimum Gasteiger partial charge on any atom is -0.453 e. The monoisotopic (exact) mass is 393 g/mol. The molecule has 0 saturated carbocycles. The second kappa shape index (κ2) is 10.1. The van der Waals surface area contributed by atoms with Crippen LogP contribution in [0.2, 0.25) is 0 Å². The SMILES string of the molecule is CCOCCCn1c(S[C@@H](C)C(=O)NC(=O)OC)nc2ccccc2c1=O. The zero-order chi connectivity index (χ0) is 19.8. The first-order chi connectivity index (χ1) is 13.0. The maximum Gasteiger partial charge on any atom is 0.413 e. The fourth-order valence-electron chi connectivity index (χ4n) is 2.37. The number of alkyl carbamates (subject to hydrolysis) is 1. The number of nitrogens with zero attached hydrogens (tertiary/aromatic N) is 2. The normalized spacial score (nSPS) is 12.0. The zero-order valence-electron chi connectivity index (χ0n) is 15.6. The second-order valence-corrected chi connectivity index (χ2v) is 6.97. The van der Waals surface area contributed by atoms with Crippen molar-refractivity contribution in [3.8, 4) is 0 Å². The number of thioether (sulfide) groups is 1. The topological polar surface area (TPSA) is 99.5 Å². The van der Waals surface area contributed by atoms with Crippen molar-refractivity contribution in [2.75, 3.05) is 20.3 Å². The molecule has 1 heterocycles. The number of fused-ring (bicyclic) bond motifs is 1. The van der Waals surface area contributed by atoms with Crippen molar-refractivity contribution in [3.05, 3.63) is 34.6 Å². The molecule has 2 aromatic rings. The first-order valence-corrected chi connectivity index (χ1v) is 9.48. The predicted molar refractivity (Wildman–Crippen MR) is 103 cm³/mol. The standard InChI is InChI=1S/C18H23N3O5S/c1-4-26-11-7-10-21-16(23)13-8-5-6-9-14(13)19-17(21)27-12(2)15(22)20-18(24)25-3/h5-6,8-9,12H,4,7,10-11H2,1-3H3,(H,20,22,24)/t12-/m0/s1. The molecule has 0 spiro atoms.